The number of Topliss-reactive ketones (excluding diaryl/α,β-unsaturated/α-hetero) is 1. The molecular formula is C14H25NO5. The van der Waals surface area contributed by atoms with Crippen molar-refractivity contribution >= 4 is 17.7 Å². The van der Waals surface area contributed by atoms with Gasteiger partial charge >= 0.3 is 11.9 Å². The normalized spacial score (nSPS) is 15.9. The van der Waals surface area contributed by atoms with Gasteiger partial charge in [-0.3, -0.25) is 19.3 Å². The van der Waals surface area contributed by atoms with Crippen LogP contribution in [0.5, 0.6) is 0 Å². The molecule has 0 bridgehead atoms. The lowest BCUT2D eigenvalue weighted by molar-refractivity contribution is -0.150. The lowest BCUT2D eigenvalue weighted by atomic mass is 9.98. The molecule has 0 amide bonds. The zero-order chi connectivity index (χ0) is 16.0. The summed E-state index contributed by atoms with van der Waals surface area (Å²) in [5, 5.41) is 18.4. The highest BCUT2D eigenvalue weighted by atomic mass is 16.4. The van der Waals surface area contributed by atoms with Crippen LogP contribution in [0.1, 0.15) is 41.0 Å². The van der Waals surface area contributed by atoms with E-state index in [1.165, 1.54) is 18.7 Å². The molecule has 0 radical (unpaired) electrons. The molecule has 0 aromatic heterocycles. The standard InChI is InChI=1S/C14H25NO5/c1-8(2)6-12(14(19)20)15(10(4)11(5)16)7-9(3)13(17)18/h8-10,12H,6-7H2,1-5H3,(H,17,18)(H,19,20). The first-order valence-electron chi connectivity index (χ1n) is 6.79. The summed E-state index contributed by atoms with van der Waals surface area (Å²) in [6, 6.07) is -1.47. The van der Waals surface area contributed by atoms with Crippen LogP contribution in [0.25, 0.3) is 0 Å². The van der Waals surface area contributed by atoms with Gasteiger partial charge in [0, 0.05) is 6.54 Å². The minimum atomic E-state index is -1.02. The fourth-order valence-corrected chi connectivity index (χ4v) is 2.01. The van der Waals surface area contributed by atoms with Crippen molar-refractivity contribution in [2.24, 2.45) is 11.8 Å². The van der Waals surface area contributed by atoms with E-state index in [-0.39, 0.29) is 18.2 Å². The Labute approximate surface area is 119 Å². The quantitative estimate of drug-likeness (QED) is 0.667. The highest BCUT2D eigenvalue weighted by molar-refractivity contribution is 5.82. The molecule has 116 valence electrons. The average Bonchev–Trinajstić information content (AvgIpc) is 2.31. The van der Waals surface area contributed by atoms with Gasteiger partial charge in [0.1, 0.15) is 11.8 Å². The number of rotatable bonds is 9. The first-order chi connectivity index (χ1) is 9.07. The number of carbonyl (C=O) groups is 3. The summed E-state index contributed by atoms with van der Waals surface area (Å²) in [7, 11) is 0. The highest BCUT2D eigenvalue weighted by Gasteiger charge is 2.33. The number of hydrogen-bond donors (Lipinski definition) is 2. The van der Waals surface area contributed by atoms with Crippen molar-refractivity contribution in [1.29, 1.82) is 0 Å². The van der Waals surface area contributed by atoms with Crippen LogP contribution in [0.2, 0.25) is 0 Å². The summed E-state index contributed by atoms with van der Waals surface area (Å²) in [6.07, 6.45) is 0.374. The van der Waals surface area contributed by atoms with Crippen LogP contribution in [-0.2, 0) is 14.4 Å². The zero-order valence-corrected chi connectivity index (χ0v) is 12.8. The van der Waals surface area contributed by atoms with Gasteiger partial charge in [-0.15, -0.1) is 0 Å². The van der Waals surface area contributed by atoms with Crippen molar-refractivity contribution in [2.75, 3.05) is 6.54 Å². The van der Waals surface area contributed by atoms with Gasteiger partial charge in [-0.1, -0.05) is 20.8 Å². The van der Waals surface area contributed by atoms with Crippen LogP contribution in [0.15, 0.2) is 0 Å². The van der Waals surface area contributed by atoms with Crippen molar-refractivity contribution in [3.8, 4) is 0 Å². The Balaban J connectivity index is 5.29. The number of carboxylic acids is 2. The average molecular weight is 287 g/mol. The molecule has 0 saturated carbocycles. The Kier molecular flexibility index (Phi) is 7.42. The maximum absolute atomic E-state index is 11.6. The van der Waals surface area contributed by atoms with E-state index in [0.717, 1.165) is 0 Å². The fraction of sp³-hybridized carbons (Fsp3) is 0.786. The van der Waals surface area contributed by atoms with Gasteiger partial charge in [0.15, 0.2) is 0 Å². The van der Waals surface area contributed by atoms with Crippen molar-refractivity contribution < 1.29 is 24.6 Å². The van der Waals surface area contributed by atoms with E-state index in [0.29, 0.717) is 6.42 Å². The van der Waals surface area contributed by atoms with E-state index in [1.54, 1.807) is 6.92 Å². The molecule has 6 heteroatoms. The van der Waals surface area contributed by atoms with Crippen LogP contribution < -0.4 is 0 Å². The van der Waals surface area contributed by atoms with Gasteiger partial charge in [-0.05, 0) is 26.2 Å². The molecule has 0 aliphatic carbocycles. The zero-order valence-electron chi connectivity index (χ0n) is 12.8. The third-order valence-electron chi connectivity index (χ3n) is 3.37. The van der Waals surface area contributed by atoms with Gasteiger partial charge in [0.25, 0.3) is 0 Å². The number of carboxylic acid groups (broad SMARTS) is 2. The summed E-state index contributed by atoms with van der Waals surface area (Å²) >= 11 is 0. The number of ketones is 1. The second-order valence-electron chi connectivity index (χ2n) is 5.71. The van der Waals surface area contributed by atoms with Crippen LogP contribution in [-0.4, -0.2) is 51.5 Å². The number of nitrogens with zero attached hydrogens (tertiary/aromatic N) is 1. The molecule has 3 unspecified atom stereocenters. The second-order valence-corrected chi connectivity index (χ2v) is 5.71. The fourth-order valence-electron chi connectivity index (χ4n) is 2.01. The van der Waals surface area contributed by atoms with E-state index >= 15 is 0 Å². The summed E-state index contributed by atoms with van der Waals surface area (Å²) < 4.78 is 0. The smallest absolute Gasteiger partial charge is 0.320 e. The Morgan fingerprint density at radius 3 is 1.80 bits per heavy atom. The number of aliphatic carboxylic acids is 2. The van der Waals surface area contributed by atoms with Gasteiger partial charge in [0.2, 0.25) is 0 Å². The first-order valence-corrected chi connectivity index (χ1v) is 6.79. The van der Waals surface area contributed by atoms with Gasteiger partial charge in [-0.2, -0.15) is 0 Å². The van der Waals surface area contributed by atoms with Crippen molar-refractivity contribution in [3.63, 3.8) is 0 Å². The predicted octanol–water partition coefficient (Wildman–Crippen LogP) is 1.49. The molecule has 2 N–H and O–H groups in total. The Morgan fingerprint density at radius 2 is 1.50 bits per heavy atom. The molecule has 20 heavy (non-hydrogen) atoms. The Hall–Kier alpha value is -1.43. The van der Waals surface area contributed by atoms with Crippen molar-refractivity contribution in [1.82, 2.24) is 4.90 Å². The molecule has 0 aliphatic heterocycles. The molecule has 0 saturated heterocycles. The maximum Gasteiger partial charge on any atom is 0.320 e. The summed E-state index contributed by atoms with van der Waals surface area (Å²) in [5.74, 6) is -2.79. The van der Waals surface area contributed by atoms with Gasteiger partial charge < -0.3 is 10.2 Å². The molecule has 3 atom stereocenters. The molecule has 0 spiro atoms. The monoisotopic (exact) mass is 287 g/mol. The minimum Gasteiger partial charge on any atom is -0.481 e. The molecule has 0 aromatic carbocycles. The number of carbonyl (C=O) groups excluding carboxylic acids is 1. The Morgan fingerprint density at radius 1 is 1.00 bits per heavy atom. The summed E-state index contributed by atoms with van der Waals surface area (Å²) in [4.78, 5) is 35.5. The molecule has 6 nitrogen and oxygen atoms in total. The van der Waals surface area contributed by atoms with E-state index in [2.05, 4.69) is 0 Å². The molecular weight excluding hydrogens is 262 g/mol. The molecule has 0 aromatic rings. The largest absolute Gasteiger partial charge is 0.481 e. The lowest BCUT2D eigenvalue weighted by Crippen LogP contribution is -2.51. The SMILES string of the molecule is CC(=O)C(C)N(CC(C)C(=O)O)C(CC(C)C)C(=O)O. The number of hydrogen-bond acceptors (Lipinski definition) is 4. The van der Waals surface area contributed by atoms with Gasteiger partial charge in [-0.25, -0.2) is 0 Å². The van der Waals surface area contributed by atoms with Gasteiger partial charge in [0.05, 0.1) is 12.0 Å². The second kappa shape index (κ2) is 7.99. The maximum atomic E-state index is 11.6. The van der Waals surface area contributed by atoms with Crippen LogP contribution in [0.4, 0.5) is 0 Å². The molecule has 0 aliphatic rings. The van der Waals surface area contributed by atoms with E-state index in [1.807, 2.05) is 13.8 Å². The van der Waals surface area contributed by atoms with Crippen molar-refractivity contribution in [3.05, 3.63) is 0 Å². The summed E-state index contributed by atoms with van der Waals surface area (Å²) in [5.41, 5.74) is 0. The molecule has 0 heterocycles. The molecule has 0 rings (SSSR count). The van der Waals surface area contributed by atoms with Crippen molar-refractivity contribution in [2.45, 2.75) is 53.1 Å². The first kappa shape index (κ1) is 18.6. The highest BCUT2D eigenvalue weighted by Crippen LogP contribution is 2.18. The van der Waals surface area contributed by atoms with Crippen LogP contribution >= 0.6 is 0 Å². The van der Waals surface area contributed by atoms with E-state index < -0.39 is 29.9 Å². The topological polar surface area (TPSA) is 94.9 Å². The summed E-state index contributed by atoms with van der Waals surface area (Å²) in [6.45, 7) is 8.35. The Bertz CT molecular complexity index is 367. The van der Waals surface area contributed by atoms with Crippen LogP contribution in [0.3, 0.4) is 0 Å². The molecule has 0 fully saturated rings. The van der Waals surface area contributed by atoms with E-state index in [4.69, 9.17) is 5.11 Å². The lowest BCUT2D eigenvalue weighted by Gasteiger charge is -2.34. The third kappa shape index (κ3) is 5.69. The minimum absolute atomic E-state index is 0.0414. The third-order valence-corrected chi connectivity index (χ3v) is 3.37. The predicted molar refractivity (Wildman–Crippen MR) is 74.5 cm³/mol. The van der Waals surface area contributed by atoms with Crippen LogP contribution in [0, 0.1) is 11.8 Å². The van der Waals surface area contributed by atoms with E-state index in [9.17, 15) is 19.5 Å².